The predicted molar refractivity (Wildman–Crippen MR) is 48.4 cm³/mol. The number of nitrogens with zero attached hydrogens (tertiary/aromatic N) is 3. The Balaban J connectivity index is 2.39. The number of carboxylic acid groups (broad SMARTS) is 1. The van der Waals surface area contributed by atoms with Crippen molar-refractivity contribution in [3.8, 4) is 0 Å². The molecule has 2 N–H and O–H groups in total. The van der Waals surface area contributed by atoms with E-state index in [0.717, 1.165) is 6.08 Å². The van der Waals surface area contributed by atoms with E-state index in [9.17, 15) is 4.79 Å². The maximum absolute atomic E-state index is 10.2. The average Bonchev–Trinajstić information content (AvgIpc) is 2.61. The summed E-state index contributed by atoms with van der Waals surface area (Å²) in [7, 11) is 0. The first-order valence-corrected chi connectivity index (χ1v) is 3.83. The predicted octanol–water partition coefficient (Wildman–Crippen LogP) is 0.451. The number of pyridine rings is 1. The van der Waals surface area contributed by atoms with Gasteiger partial charge in [-0.15, -0.1) is 5.10 Å². The van der Waals surface area contributed by atoms with E-state index in [1.165, 1.54) is 12.3 Å². The summed E-state index contributed by atoms with van der Waals surface area (Å²) >= 11 is 0. The van der Waals surface area contributed by atoms with Crippen LogP contribution in [0.1, 0.15) is 5.56 Å². The molecule has 0 radical (unpaired) electrons. The molecule has 0 saturated heterocycles. The molecule has 2 aromatic heterocycles. The summed E-state index contributed by atoms with van der Waals surface area (Å²) in [5.74, 6) is -0.995. The Morgan fingerprint density at radius 1 is 1.50 bits per heavy atom. The van der Waals surface area contributed by atoms with Gasteiger partial charge in [0.05, 0.1) is 0 Å². The first-order chi connectivity index (χ1) is 6.75. The number of hydrogen-bond donors (Lipinski definition) is 2. The molecule has 0 bridgehead atoms. The second-order valence-electron chi connectivity index (χ2n) is 2.61. The topological polar surface area (TPSA) is 91.8 Å². The number of carbonyl (C=O) groups is 1. The number of H-pyrrole nitrogens is 1. The minimum absolute atomic E-state index is 0.512. The molecule has 6 nitrogen and oxygen atoms in total. The van der Waals surface area contributed by atoms with Crippen LogP contribution in [0.25, 0.3) is 17.2 Å². The molecule has 0 saturated carbocycles. The van der Waals surface area contributed by atoms with E-state index in [2.05, 4.69) is 20.4 Å². The van der Waals surface area contributed by atoms with E-state index in [1.807, 2.05) is 0 Å². The molecule has 0 fully saturated rings. The van der Waals surface area contributed by atoms with Gasteiger partial charge in [0.25, 0.3) is 0 Å². The second kappa shape index (κ2) is 3.25. The fraction of sp³-hybridized carbons (Fsp3) is 0. The zero-order chi connectivity index (χ0) is 9.97. The van der Waals surface area contributed by atoms with Crippen LogP contribution in [0.3, 0.4) is 0 Å². The molecule has 14 heavy (non-hydrogen) atoms. The lowest BCUT2D eigenvalue weighted by atomic mass is 10.2. The summed E-state index contributed by atoms with van der Waals surface area (Å²) in [6.45, 7) is 0. The summed E-state index contributed by atoms with van der Waals surface area (Å²) in [6, 6.07) is 1.70. The van der Waals surface area contributed by atoms with Crippen LogP contribution in [0.2, 0.25) is 0 Å². The van der Waals surface area contributed by atoms with E-state index in [1.54, 1.807) is 6.07 Å². The fourth-order valence-electron chi connectivity index (χ4n) is 1.01. The number of nitrogens with one attached hydrogen (secondary N) is 1. The van der Waals surface area contributed by atoms with Crippen LogP contribution in [-0.2, 0) is 4.79 Å². The van der Waals surface area contributed by atoms with Crippen molar-refractivity contribution in [2.75, 3.05) is 0 Å². The third-order valence-corrected chi connectivity index (χ3v) is 1.61. The summed E-state index contributed by atoms with van der Waals surface area (Å²) in [6.07, 6.45) is 4.02. The van der Waals surface area contributed by atoms with Crippen LogP contribution in [0.5, 0.6) is 0 Å². The van der Waals surface area contributed by atoms with Crippen LogP contribution >= 0.6 is 0 Å². The molecule has 0 amide bonds. The van der Waals surface area contributed by atoms with Crippen molar-refractivity contribution in [2.45, 2.75) is 0 Å². The SMILES string of the molecule is O=C(O)/C=C/c1cnc2n[nH]nc2c1. The van der Waals surface area contributed by atoms with Gasteiger partial charge in [0.2, 0.25) is 5.65 Å². The maximum Gasteiger partial charge on any atom is 0.328 e. The Labute approximate surface area is 78.3 Å². The molecular weight excluding hydrogens is 184 g/mol. The van der Waals surface area contributed by atoms with Crippen LogP contribution in [-0.4, -0.2) is 31.5 Å². The van der Waals surface area contributed by atoms with Crippen LogP contribution in [0.4, 0.5) is 0 Å². The third kappa shape index (κ3) is 1.58. The van der Waals surface area contributed by atoms with Crippen LogP contribution < -0.4 is 0 Å². The van der Waals surface area contributed by atoms with Crippen molar-refractivity contribution in [2.24, 2.45) is 0 Å². The summed E-state index contributed by atoms with van der Waals surface area (Å²) in [5, 5.41) is 18.4. The largest absolute Gasteiger partial charge is 0.478 e. The number of aliphatic carboxylic acids is 1. The number of fused-ring (bicyclic) bond motifs is 1. The second-order valence-corrected chi connectivity index (χ2v) is 2.61. The Bertz CT molecular complexity index is 503. The molecule has 0 atom stereocenters. The van der Waals surface area contributed by atoms with Crippen molar-refractivity contribution in [1.82, 2.24) is 20.4 Å². The highest BCUT2D eigenvalue weighted by Gasteiger charge is 1.98. The van der Waals surface area contributed by atoms with Crippen molar-refractivity contribution in [3.05, 3.63) is 23.9 Å². The molecule has 0 spiro atoms. The Morgan fingerprint density at radius 3 is 3.14 bits per heavy atom. The standard InChI is InChI=1S/C8H6N4O2/c13-7(14)2-1-5-3-6-8(9-4-5)11-12-10-6/h1-4H,(H,13,14)(H,9,10,11,12)/b2-1+. The Kier molecular flexibility index (Phi) is 1.94. The van der Waals surface area contributed by atoms with Gasteiger partial charge in [0.1, 0.15) is 5.52 Å². The zero-order valence-corrected chi connectivity index (χ0v) is 7.01. The molecule has 0 unspecified atom stereocenters. The number of rotatable bonds is 2. The lowest BCUT2D eigenvalue weighted by Gasteiger charge is -1.89. The average molecular weight is 190 g/mol. The van der Waals surface area contributed by atoms with E-state index >= 15 is 0 Å². The van der Waals surface area contributed by atoms with Crippen LogP contribution in [0, 0.1) is 0 Å². The third-order valence-electron chi connectivity index (χ3n) is 1.61. The molecule has 2 aromatic rings. The van der Waals surface area contributed by atoms with Gasteiger partial charge < -0.3 is 5.11 Å². The normalized spacial score (nSPS) is 11.1. The number of hydrogen-bond acceptors (Lipinski definition) is 4. The van der Waals surface area contributed by atoms with Gasteiger partial charge in [-0.25, -0.2) is 9.78 Å². The van der Waals surface area contributed by atoms with Gasteiger partial charge >= 0.3 is 5.97 Å². The molecular formula is C8H6N4O2. The molecule has 2 heterocycles. The summed E-state index contributed by atoms with van der Waals surface area (Å²) < 4.78 is 0. The van der Waals surface area contributed by atoms with Crippen molar-refractivity contribution in [1.29, 1.82) is 0 Å². The number of aromatic nitrogens is 4. The first kappa shape index (κ1) is 8.36. The minimum atomic E-state index is -0.995. The quantitative estimate of drug-likeness (QED) is 0.671. The summed E-state index contributed by atoms with van der Waals surface area (Å²) in [5.41, 5.74) is 1.80. The molecule has 0 aromatic carbocycles. The van der Waals surface area contributed by atoms with Gasteiger partial charge in [-0.2, -0.15) is 10.3 Å². The van der Waals surface area contributed by atoms with E-state index in [-0.39, 0.29) is 0 Å². The van der Waals surface area contributed by atoms with Gasteiger partial charge in [0.15, 0.2) is 0 Å². The number of carboxylic acids is 1. The number of aromatic amines is 1. The lowest BCUT2D eigenvalue weighted by Crippen LogP contribution is -1.86. The Hall–Kier alpha value is -2.24. The van der Waals surface area contributed by atoms with E-state index in [4.69, 9.17) is 5.11 Å². The molecule has 70 valence electrons. The summed E-state index contributed by atoms with van der Waals surface area (Å²) in [4.78, 5) is 14.2. The molecule has 2 rings (SSSR count). The van der Waals surface area contributed by atoms with Crippen LogP contribution in [0.15, 0.2) is 18.3 Å². The highest BCUT2D eigenvalue weighted by molar-refractivity contribution is 5.86. The maximum atomic E-state index is 10.2. The van der Waals surface area contributed by atoms with Crippen molar-refractivity contribution < 1.29 is 9.90 Å². The van der Waals surface area contributed by atoms with Gasteiger partial charge in [-0.1, -0.05) is 0 Å². The zero-order valence-electron chi connectivity index (χ0n) is 7.01. The van der Waals surface area contributed by atoms with Gasteiger partial charge in [-0.3, -0.25) is 0 Å². The smallest absolute Gasteiger partial charge is 0.328 e. The van der Waals surface area contributed by atoms with Gasteiger partial charge in [0, 0.05) is 12.3 Å². The Morgan fingerprint density at radius 2 is 2.36 bits per heavy atom. The van der Waals surface area contributed by atoms with E-state index < -0.39 is 5.97 Å². The molecule has 0 aliphatic carbocycles. The fourth-order valence-corrected chi connectivity index (χ4v) is 1.01. The highest BCUT2D eigenvalue weighted by atomic mass is 16.4. The van der Waals surface area contributed by atoms with Crippen molar-refractivity contribution >= 4 is 23.2 Å². The first-order valence-electron chi connectivity index (χ1n) is 3.83. The molecule has 0 aliphatic heterocycles. The van der Waals surface area contributed by atoms with Crippen molar-refractivity contribution in [3.63, 3.8) is 0 Å². The lowest BCUT2D eigenvalue weighted by molar-refractivity contribution is -0.131. The highest BCUT2D eigenvalue weighted by Crippen LogP contribution is 2.08. The minimum Gasteiger partial charge on any atom is -0.478 e. The monoisotopic (exact) mass is 190 g/mol. The molecule has 0 aliphatic rings. The molecule has 6 heteroatoms. The van der Waals surface area contributed by atoms with E-state index in [0.29, 0.717) is 16.7 Å². The van der Waals surface area contributed by atoms with Gasteiger partial charge in [-0.05, 0) is 17.7 Å².